The fraction of sp³-hybridized carbons (Fsp3) is 0.500. The molecule has 1 amide bonds. The van der Waals surface area contributed by atoms with Crippen LogP contribution < -0.4 is 0 Å². The van der Waals surface area contributed by atoms with Crippen molar-refractivity contribution in [1.82, 2.24) is 23.8 Å². The number of carbonyl (C=O) groups excluding carboxylic acids is 1. The normalized spacial score (nSPS) is 19.3. The van der Waals surface area contributed by atoms with Crippen LogP contribution in [0.5, 0.6) is 0 Å². The molecular weight excluding hydrogens is 318 g/mol. The first-order chi connectivity index (χ1) is 10.8. The Hall–Kier alpha value is -2.00. The van der Waals surface area contributed by atoms with Gasteiger partial charge in [-0.15, -0.1) is 0 Å². The number of rotatable bonds is 3. The van der Waals surface area contributed by atoms with E-state index in [4.69, 9.17) is 0 Å². The Morgan fingerprint density at radius 3 is 2.78 bits per heavy atom. The van der Waals surface area contributed by atoms with Gasteiger partial charge in [-0.25, -0.2) is 17.9 Å². The van der Waals surface area contributed by atoms with E-state index in [1.807, 2.05) is 0 Å². The smallest absolute Gasteiger partial charge is 0.258 e. The summed E-state index contributed by atoms with van der Waals surface area (Å²) in [5.74, 6) is -0.184. The Labute approximate surface area is 134 Å². The van der Waals surface area contributed by atoms with Crippen molar-refractivity contribution in [3.8, 4) is 0 Å². The first-order valence-electron chi connectivity index (χ1n) is 7.32. The number of sulfonamides is 1. The first kappa shape index (κ1) is 15.9. The standard InChI is InChI=1S/C14H19N5O3S/c1-17(2)14(20)10-9-16-19-12(6-7-15-13(10)19)11-5-4-8-18(11)23(3,21)22/h6-7,9,11H,4-5,8H2,1-3H3. The monoisotopic (exact) mass is 337 g/mol. The summed E-state index contributed by atoms with van der Waals surface area (Å²) in [5, 5.41) is 4.27. The lowest BCUT2D eigenvalue weighted by Gasteiger charge is -2.22. The van der Waals surface area contributed by atoms with Gasteiger partial charge in [-0.1, -0.05) is 0 Å². The largest absolute Gasteiger partial charge is 0.345 e. The highest BCUT2D eigenvalue weighted by Crippen LogP contribution is 2.33. The lowest BCUT2D eigenvalue weighted by molar-refractivity contribution is 0.0829. The van der Waals surface area contributed by atoms with Gasteiger partial charge in [0.2, 0.25) is 10.0 Å². The predicted octanol–water partition coefficient (Wildman–Crippen LogP) is 0.528. The van der Waals surface area contributed by atoms with Gasteiger partial charge in [0.25, 0.3) is 5.91 Å². The van der Waals surface area contributed by atoms with Crippen molar-refractivity contribution in [3.63, 3.8) is 0 Å². The summed E-state index contributed by atoms with van der Waals surface area (Å²) in [5.41, 5.74) is 1.58. The van der Waals surface area contributed by atoms with Crippen LogP contribution in [-0.2, 0) is 10.0 Å². The maximum Gasteiger partial charge on any atom is 0.258 e. The molecule has 0 aliphatic carbocycles. The number of hydrogen-bond donors (Lipinski definition) is 0. The zero-order valence-corrected chi connectivity index (χ0v) is 14.1. The van der Waals surface area contributed by atoms with Crippen molar-refractivity contribution in [2.24, 2.45) is 0 Å². The minimum Gasteiger partial charge on any atom is -0.345 e. The third kappa shape index (κ3) is 2.70. The van der Waals surface area contributed by atoms with Crippen molar-refractivity contribution in [2.45, 2.75) is 18.9 Å². The molecule has 0 radical (unpaired) electrons. The average Bonchev–Trinajstić information content (AvgIpc) is 3.12. The summed E-state index contributed by atoms with van der Waals surface area (Å²) in [6, 6.07) is 1.48. The maximum atomic E-state index is 12.2. The van der Waals surface area contributed by atoms with Crippen molar-refractivity contribution in [1.29, 1.82) is 0 Å². The van der Waals surface area contributed by atoms with Crippen LogP contribution in [0, 0.1) is 0 Å². The van der Waals surface area contributed by atoms with E-state index in [9.17, 15) is 13.2 Å². The summed E-state index contributed by atoms with van der Waals surface area (Å²) in [6.07, 6.45) is 5.81. The molecular formula is C14H19N5O3S. The van der Waals surface area contributed by atoms with E-state index in [1.165, 1.54) is 21.7 Å². The Morgan fingerprint density at radius 2 is 2.13 bits per heavy atom. The molecule has 0 N–H and O–H groups in total. The van der Waals surface area contributed by atoms with Crippen molar-refractivity contribution in [3.05, 3.63) is 29.7 Å². The highest BCUT2D eigenvalue weighted by atomic mass is 32.2. The molecule has 1 saturated heterocycles. The van der Waals surface area contributed by atoms with Gasteiger partial charge in [0.15, 0.2) is 5.65 Å². The fourth-order valence-corrected chi connectivity index (χ4v) is 4.12. The molecule has 0 bridgehead atoms. The van der Waals surface area contributed by atoms with E-state index in [2.05, 4.69) is 10.1 Å². The molecule has 2 aromatic heterocycles. The molecule has 0 saturated carbocycles. The molecule has 1 aliphatic rings. The molecule has 9 heteroatoms. The number of hydrogen-bond acceptors (Lipinski definition) is 5. The summed E-state index contributed by atoms with van der Waals surface area (Å²) < 4.78 is 27.0. The van der Waals surface area contributed by atoms with Gasteiger partial charge < -0.3 is 4.90 Å². The average molecular weight is 337 g/mol. The SMILES string of the molecule is CN(C)C(=O)c1cnn2c(C3CCCN3S(C)(=O)=O)ccnc12. The van der Waals surface area contributed by atoms with Crippen molar-refractivity contribution >= 4 is 21.6 Å². The Bertz CT molecular complexity index is 858. The highest BCUT2D eigenvalue weighted by Gasteiger charge is 2.34. The number of carbonyl (C=O) groups is 1. The summed E-state index contributed by atoms with van der Waals surface area (Å²) in [4.78, 5) is 17.9. The molecule has 3 rings (SSSR count). The molecule has 1 unspecified atom stereocenters. The van der Waals surface area contributed by atoms with E-state index >= 15 is 0 Å². The molecule has 8 nitrogen and oxygen atoms in total. The van der Waals surface area contributed by atoms with E-state index < -0.39 is 10.0 Å². The lowest BCUT2D eigenvalue weighted by Crippen LogP contribution is -2.30. The summed E-state index contributed by atoms with van der Waals surface area (Å²) in [6.45, 7) is 0.498. The van der Waals surface area contributed by atoms with Gasteiger partial charge in [-0.2, -0.15) is 9.40 Å². The second-order valence-electron chi connectivity index (χ2n) is 5.89. The third-order valence-corrected chi connectivity index (χ3v) is 5.33. The number of aromatic nitrogens is 3. The van der Waals surface area contributed by atoms with E-state index in [0.29, 0.717) is 17.8 Å². The minimum atomic E-state index is -3.29. The molecule has 1 atom stereocenters. The lowest BCUT2D eigenvalue weighted by atomic mass is 10.1. The number of fused-ring (bicyclic) bond motifs is 1. The molecule has 124 valence electrons. The second kappa shape index (κ2) is 5.57. The molecule has 1 fully saturated rings. The van der Waals surface area contributed by atoms with Gasteiger partial charge in [-0.05, 0) is 18.9 Å². The molecule has 23 heavy (non-hydrogen) atoms. The van der Waals surface area contributed by atoms with Gasteiger partial charge >= 0.3 is 0 Å². The molecule has 0 aromatic carbocycles. The van der Waals surface area contributed by atoms with E-state index in [-0.39, 0.29) is 11.9 Å². The Balaban J connectivity index is 2.11. The maximum absolute atomic E-state index is 12.2. The number of amides is 1. The zero-order chi connectivity index (χ0) is 16.8. The first-order valence-corrected chi connectivity index (χ1v) is 9.16. The quantitative estimate of drug-likeness (QED) is 0.815. The van der Waals surface area contributed by atoms with Crippen LogP contribution in [0.4, 0.5) is 0 Å². The van der Waals surface area contributed by atoms with Gasteiger partial charge in [-0.3, -0.25) is 4.79 Å². The van der Waals surface area contributed by atoms with Crippen LogP contribution in [0.2, 0.25) is 0 Å². The van der Waals surface area contributed by atoms with Gasteiger partial charge in [0.1, 0.15) is 5.56 Å². The molecule has 1 aliphatic heterocycles. The molecule has 3 heterocycles. The van der Waals surface area contributed by atoms with Crippen LogP contribution in [0.15, 0.2) is 18.5 Å². The van der Waals surface area contributed by atoms with Crippen molar-refractivity contribution < 1.29 is 13.2 Å². The van der Waals surface area contributed by atoms with E-state index in [0.717, 1.165) is 18.5 Å². The molecule has 2 aromatic rings. The summed E-state index contributed by atoms with van der Waals surface area (Å²) in [7, 11) is 0.0346. The van der Waals surface area contributed by atoms with Crippen LogP contribution >= 0.6 is 0 Å². The highest BCUT2D eigenvalue weighted by molar-refractivity contribution is 7.88. The number of nitrogens with zero attached hydrogens (tertiary/aromatic N) is 5. The van der Waals surface area contributed by atoms with Crippen LogP contribution in [0.1, 0.15) is 34.9 Å². The third-order valence-electron chi connectivity index (χ3n) is 4.04. The van der Waals surface area contributed by atoms with Crippen LogP contribution in [0.3, 0.4) is 0 Å². The van der Waals surface area contributed by atoms with Gasteiger partial charge in [0.05, 0.1) is 24.2 Å². The van der Waals surface area contributed by atoms with Crippen molar-refractivity contribution in [2.75, 3.05) is 26.9 Å². The second-order valence-corrected chi connectivity index (χ2v) is 7.83. The zero-order valence-electron chi connectivity index (χ0n) is 13.3. The minimum absolute atomic E-state index is 0.184. The van der Waals surface area contributed by atoms with E-state index in [1.54, 1.807) is 30.9 Å². The topological polar surface area (TPSA) is 87.9 Å². The van der Waals surface area contributed by atoms with Crippen LogP contribution in [0.25, 0.3) is 5.65 Å². The summed E-state index contributed by atoms with van der Waals surface area (Å²) >= 11 is 0. The fourth-order valence-electron chi connectivity index (χ4n) is 2.99. The van der Waals surface area contributed by atoms with Crippen LogP contribution in [-0.4, -0.2) is 65.0 Å². The van der Waals surface area contributed by atoms with Gasteiger partial charge in [0, 0.05) is 26.8 Å². The predicted molar refractivity (Wildman–Crippen MR) is 84.5 cm³/mol. The Morgan fingerprint density at radius 1 is 1.39 bits per heavy atom. The molecule has 0 spiro atoms. The Kier molecular flexibility index (Phi) is 3.85.